The molecule has 0 amide bonds. The molecule has 1 aromatic carbocycles. The van der Waals surface area contributed by atoms with Gasteiger partial charge in [0.1, 0.15) is 5.82 Å². The molecule has 2 aromatic heterocycles. The molecule has 0 fully saturated rings. The van der Waals surface area contributed by atoms with Gasteiger partial charge in [0.15, 0.2) is 5.16 Å². The van der Waals surface area contributed by atoms with Gasteiger partial charge in [0, 0.05) is 35.7 Å². The van der Waals surface area contributed by atoms with E-state index in [1.165, 1.54) is 19.3 Å². The minimum absolute atomic E-state index is 0.604. The van der Waals surface area contributed by atoms with Crippen LogP contribution >= 0.6 is 23.4 Å². The second kappa shape index (κ2) is 8.22. The van der Waals surface area contributed by atoms with Crippen LogP contribution in [0.5, 0.6) is 0 Å². The topological polar surface area (TPSA) is 69.6 Å². The number of halogens is 1. The average Bonchev–Trinajstić information content (AvgIpc) is 3.20. The molecular weight excluding hydrogens is 370 g/mol. The summed E-state index contributed by atoms with van der Waals surface area (Å²) < 4.78 is 7.64. The monoisotopic (exact) mass is 389 g/mol. The van der Waals surface area contributed by atoms with E-state index in [0.29, 0.717) is 16.7 Å². The molecule has 0 radical (unpaired) electrons. The normalized spacial score (nSPS) is 14.2. The van der Waals surface area contributed by atoms with Crippen molar-refractivity contribution in [2.24, 2.45) is 0 Å². The molecule has 1 aliphatic heterocycles. The van der Waals surface area contributed by atoms with E-state index >= 15 is 0 Å². The number of hydrogen-bond donors (Lipinski definition) is 0. The minimum Gasteiger partial charge on any atom is -0.339 e. The number of fused-ring (bicyclic) bond motifs is 1. The molecule has 3 aromatic rings. The van der Waals surface area contributed by atoms with Crippen molar-refractivity contribution >= 4 is 23.4 Å². The summed E-state index contributed by atoms with van der Waals surface area (Å²) in [6.07, 6.45) is 6.47. The van der Waals surface area contributed by atoms with Crippen molar-refractivity contribution in [2.75, 3.05) is 5.75 Å². The van der Waals surface area contributed by atoms with Gasteiger partial charge in [-0.05, 0) is 43.5 Å². The standard InChI is InChI=1S/C18H20ClN5OS/c19-14-9-7-13(8-10-14)17-20-16(25-23-17)6-4-12-26-18-22-21-15-5-2-1-3-11-24(15)18/h7-10H,1-6,11-12H2. The van der Waals surface area contributed by atoms with Crippen LogP contribution in [-0.2, 0) is 19.4 Å². The minimum atomic E-state index is 0.604. The Kier molecular flexibility index (Phi) is 5.55. The summed E-state index contributed by atoms with van der Waals surface area (Å²) in [5, 5.41) is 14.5. The lowest BCUT2D eigenvalue weighted by atomic mass is 10.2. The van der Waals surface area contributed by atoms with Gasteiger partial charge in [-0.2, -0.15) is 4.98 Å². The fraction of sp³-hybridized carbons (Fsp3) is 0.444. The van der Waals surface area contributed by atoms with E-state index in [0.717, 1.165) is 48.1 Å². The molecular formula is C18H20ClN5OS. The fourth-order valence-electron chi connectivity index (χ4n) is 3.02. The lowest BCUT2D eigenvalue weighted by molar-refractivity contribution is 0.378. The Bertz CT molecular complexity index is 861. The van der Waals surface area contributed by atoms with Crippen molar-refractivity contribution in [2.45, 2.75) is 50.2 Å². The summed E-state index contributed by atoms with van der Waals surface area (Å²) in [6, 6.07) is 7.43. The quantitative estimate of drug-likeness (QED) is 0.458. The van der Waals surface area contributed by atoms with E-state index in [-0.39, 0.29) is 0 Å². The molecule has 6 nitrogen and oxygen atoms in total. The second-order valence-corrected chi connectivity index (χ2v) is 7.83. The number of nitrogens with zero attached hydrogens (tertiary/aromatic N) is 5. The van der Waals surface area contributed by atoms with Gasteiger partial charge in [-0.3, -0.25) is 0 Å². The highest BCUT2D eigenvalue weighted by molar-refractivity contribution is 7.99. The molecule has 0 saturated carbocycles. The number of hydrogen-bond acceptors (Lipinski definition) is 6. The third-order valence-electron chi connectivity index (χ3n) is 4.41. The van der Waals surface area contributed by atoms with E-state index in [1.54, 1.807) is 11.8 Å². The molecule has 0 atom stereocenters. The maximum Gasteiger partial charge on any atom is 0.226 e. The first kappa shape index (κ1) is 17.5. The van der Waals surface area contributed by atoms with Crippen molar-refractivity contribution in [3.05, 3.63) is 41.0 Å². The summed E-state index contributed by atoms with van der Waals surface area (Å²) in [7, 11) is 0. The van der Waals surface area contributed by atoms with E-state index in [1.807, 2.05) is 24.3 Å². The molecule has 0 aliphatic carbocycles. The van der Waals surface area contributed by atoms with E-state index in [4.69, 9.17) is 16.1 Å². The molecule has 0 unspecified atom stereocenters. The first-order valence-electron chi connectivity index (χ1n) is 8.93. The highest BCUT2D eigenvalue weighted by Crippen LogP contribution is 2.23. The van der Waals surface area contributed by atoms with Crippen LogP contribution in [0, 0.1) is 0 Å². The van der Waals surface area contributed by atoms with E-state index in [2.05, 4.69) is 24.9 Å². The maximum atomic E-state index is 5.91. The van der Waals surface area contributed by atoms with Crippen molar-refractivity contribution in [1.29, 1.82) is 0 Å². The Morgan fingerprint density at radius 2 is 2.00 bits per heavy atom. The van der Waals surface area contributed by atoms with E-state index < -0.39 is 0 Å². The van der Waals surface area contributed by atoms with Gasteiger partial charge in [0.25, 0.3) is 0 Å². The Balaban J connectivity index is 1.29. The smallest absolute Gasteiger partial charge is 0.226 e. The Morgan fingerprint density at radius 1 is 1.12 bits per heavy atom. The lowest BCUT2D eigenvalue weighted by Gasteiger charge is -2.05. The molecule has 136 valence electrons. The van der Waals surface area contributed by atoms with Crippen LogP contribution in [-0.4, -0.2) is 30.7 Å². The second-order valence-electron chi connectivity index (χ2n) is 6.33. The molecule has 0 N–H and O–H groups in total. The van der Waals surface area contributed by atoms with Crippen LogP contribution in [0.2, 0.25) is 5.02 Å². The first-order chi connectivity index (χ1) is 12.8. The number of aromatic nitrogens is 5. The predicted molar refractivity (Wildman–Crippen MR) is 101 cm³/mol. The third kappa shape index (κ3) is 4.10. The molecule has 0 saturated heterocycles. The number of aryl methyl sites for hydroxylation is 2. The predicted octanol–water partition coefficient (Wildman–Crippen LogP) is 4.43. The van der Waals surface area contributed by atoms with Crippen molar-refractivity contribution < 1.29 is 4.52 Å². The van der Waals surface area contributed by atoms with Gasteiger partial charge in [0.05, 0.1) is 0 Å². The molecule has 0 bridgehead atoms. The zero-order valence-corrected chi connectivity index (χ0v) is 16.0. The summed E-state index contributed by atoms with van der Waals surface area (Å²) in [4.78, 5) is 4.46. The molecule has 3 heterocycles. The number of rotatable bonds is 6. The molecule has 0 spiro atoms. The van der Waals surface area contributed by atoms with Crippen LogP contribution in [0.1, 0.15) is 37.4 Å². The Labute approximate surface area is 161 Å². The van der Waals surface area contributed by atoms with Crippen molar-refractivity contribution in [3.8, 4) is 11.4 Å². The van der Waals surface area contributed by atoms with Crippen molar-refractivity contribution in [1.82, 2.24) is 24.9 Å². The highest BCUT2D eigenvalue weighted by atomic mass is 35.5. The summed E-state index contributed by atoms with van der Waals surface area (Å²) >= 11 is 7.67. The molecule has 4 rings (SSSR count). The van der Waals surface area contributed by atoms with Gasteiger partial charge in [-0.1, -0.05) is 34.9 Å². The van der Waals surface area contributed by atoms with Crippen LogP contribution in [0.4, 0.5) is 0 Å². The van der Waals surface area contributed by atoms with Crippen molar-refractivity contribution in [3.63, 3.8) is 0 Å². The number of benzene rings is 1. The van der Waals surface area contributed by atoms with Crippen LogP contribution in [0.15, 0.2) is 33.9 Å². The van der Waals surface area contributed by atoms with Gasteiger partial charge in [-0.25, -0.2) is 0 Å². The Morgan fingerprint density at radius 3 is 2.88 bits per heavy atom. The fourth-order valence-corrected chi connectivity index (χ4v) is 4.07. The molecule has 1 aliphatic rings. The summed E-state index contributed by atoms with van der Waals surface area (Å²) in [5.74, 6) is 3.36. The van der Waals surface area contributed by atoms with Crippen LogP contribution in [0.25, 0.3) is 11.4 Å². The van der Waals surface area contributed by atoms with E-state index in [9.17, 15) is 0 Å². The number of thioether (sulfide) groups is 1. The first-order valence-corrected chi connectivity index (χ1v) is 10.3. The van der Waals surface area contributed by atoms with Crippen LogP contribution in [0.3, 0.4) is 0 Å². The average molecular weight is 390 g/mol. The highest BCUT2D eigenvalue weighted by Gasteiger charge is 2.15. The van der Waals surface area contributed by atoms with Crippen LogP contribution < -0.4 is 0 Å². The molecule has 26 heavy (non-hydrogen) atoms. The van der Waals surface area contributed by atoms with Gasteiger partial charge in [-0.15, -0.1) is 10.2 Å². The zero-order chi connectivity index (χ0) is 17.8. The summed E-state index contributed by atoms with van der Waals surface area (Å²) in [5.41, 5.74) is 0.907. The Hall–Kier alpha value is -1.86. The summed E-state index contributed by atoms with van der Waals surface area (Å²) in [6.45, 7) is 1.04. The zero-order valence-electron chi connectivity index (χ0n) is 14.4. The lowest BCUT2D eigenvalue weighted by Crippen LogP contribution is -2.02. The van der Waals surface area contributed by atoms with Gasteiger partial charge >= 0.3 is 0 Å². The maximum absolute atomic E-state index is 5.91. The van der Waals surface area contributed by atoms with Gasteiger partial charge in [0.2, 0.25) is 11.7 Å². The SMILES string of the molecule is Clc1ccc(-c2noc(CCCSc3nnc4n3CCCCC4)n2)cc1. The molecule has 8 heteroatoms. The largest absolute Gasteiger partial charge is 0.339 e. The van der Waals surface area contributed by atoms with Gasteiger partial charge < -0.3 is 9.09 Å². The third-order valence-corrected chi connectivity index (χ3v) is 5.72.